The van der Waals surface area contributed by atoms with Gasteiger partial charge in [-0.25, -0.2) is 0 Å². The Morgan fingerprint density at radius 3 is 2.30 bits per heavy atom. The Morgan fingerprint density at radius 2 is 1.90 bits per heavy atom. The largest absolute Gasteiger partial charge is 0.405 e. The van der Waals surface area contributed by atoms with Gasteiger partial charge in [0.25, 0.3) is 5.91 Å². The highest BCUT2D eigenvalue weighted by Crippen LogP contribution is 2.28. The van der Waals surface area contributed by atoms with E-state index in [1.807, 2.05) is 0 Å². The summed E-state index contributed by atoms with van der Waals surface area (Å²) in [5, 5.41) is 0. The van der Waals surface area contributed by atoms with Crippen molar-refractivity contribution in [2.45, 2.75) is 13.1 Å². The summed E-state index contributed by atoms with van der Waals surface area (Å²) in [6.07, 6.45) is -4.30. The minimum atomic E-state index is -4.30. The lowest BCUT2D eigenvalue weighted by Gasteiger charge is -2.26. The summed E-state index contributed by atoms with van der Waals surface area (Å²) in [4.78, 5) is 14.3. The zero-order chi connectivity index (χ0) is 15.5. The standard InChI is InChI=1S/C13H18F3N3O/c1-4-19(8-13(14,15)16)11-6-5-9(7-10(11)17)12(20)18(2)3/h5-7H,4,8,17H2,1-3H3. The second kappa shape index (κ2) is 6.02. The molecule has 0 atom stereocenters. The van der Waals surface area contributed by atoms with Gasteiger partial charge in [0, 0.05) is 26.2 Å². The molecule has 1 aromatic carbocycles. The predicted molar refractivity (Wildman–Crippen MR) is 72.8 cm³/mol. The number of nitrogen functional groups attached to an aromatic ring is 1. The summed E-state index contributed by atoms with van der Waals surface area (Å²) < 4.78 is 37.4. The molecule has 4 nitrogen and oxygen atoms in total. The summed E-state index contributed by atoms with van der Waals surface area (Å²) in [6, 6.07) is 4.32. The molecule has 0 aliphatic rings. The Hall–Kier alpha value is -1.92. The molecule has 1 amide bonds. The number of nitrogens with zero attached hydrogens (tertiary/aromatic N) is 2. The number of halogens is 3. The van der Waals surface area contributed by atoms with E-state index in [2.05, 4.69) is 0 Å². The van der Waals surface area contributed by atoms with Gasteiger partial charge in [0.15, 0.2) is 0 Å². The van der Waals surface area contributed by atoms with Crippen LogP contribution in [0, 0.1) is 0 Å². The first-order valence-electron chi connectivity index (χ1n) is 6.08. The van der Waals surface area contributed by atoms with Gasteiger partial charge in [-0.05, 0) is 25.1 Å². The first-order valence-corrected chi connectivity index (χ1v) is 6.08. The second-order valence-electron chi connectivity index (χ2n) is 4.60. The number of rotatable bonds is 4. The maximum Gasteiger partial charge on any atom is 0.405 e. The highest BCUT2D eigenvalue weighted by Gasteiger charge is 2.31. The summed E-state index contributed by atoms with van der Waals surface area (Å²) in [5.74, 6) is -0.248. The Kier molecular flexibility index (Phi) is 4.86. The van der Waals surface area contributed by atoms with Crippen LogP contribution in [-0.2, 0) is 0 Å². The third-order valence-electron chi connectivity index (χ3n) is 2.77. The molecule has 0 aliphatic heterocycles. The molecule has 0 unspecified atom stereocenters. The molecule has 0 heterocycles. The van der Waals surface area contributed by atoms with Gasteiger partial charge in [-0.15, -0.1) is 0 Å². The molecular formula is C13H18F3N3O. The fourth-order valence-electron chi connectivity index (χ4n) is 1.82. The van der Waals surface area contributed by atoms with Crippen molar-refractivity contribution in [1.29, 1.82) is 0 Å². The molecule has 112 valence electrons. The summed E-state index contributed by atoms with van der Waals surface area (Å²) in [5.41, 5.74) is 6.56. The highest BCUT2D eigenvalue weighted by atomic mass is 19.4. The van der Waals surface area contributed by atoms with Gasteiger partial charge in [0.05, 0.1) is 11.4 Å². The zero-order valence-corrected chi connectivity index (χ0v) is 11.7. The van der Waals surface area contributed by atoms with Crippen molar-refractivity contribution < 1.29 is 18.0 Å². The van der Waals surface area contributed by atoms with Crippen LogP contribution in [0.1, 0.15) is 17.3 Å². The number of hydrogen-bond acceptors (Lipinski definition) is 3. The van der Waals surface area contributed by atoms with E-state index >= 15 is 0 Å². The van der Waals surface area contributed by atoms with Crippen LogP contribution in [0.15, 0.2) is 18.2 Å². The Morgan fingerprint density at radius 1 is 1.30 bits per heavy atom. The van der Waals surface area contributed by atoms with E-state index < -0.39 is 12.7 Å². The van der Waals surface area contributed by atoms with Crippen LogP contribution in [0.25, 0.3) is 0 Å². The van der Waals surface area contributed by atoms with E-state index in [-0.39, 0.29) is 23.8 Å². The van der Waals surface area contributed by atoms with Crippen LogP contribution < -0.4 is 10.6 Å². The Balaban J connectivity index is 3.05. The third-order valence-corrected chi connectivity index (χ3v) is 2.77. The quantitative estimate of drug-likeness (QED) is 0.866. The fourth-order valence-corrected chi connectivity index (χ4v) is 1.82. The van der Waals surface area contributed by atoms with Gasteiger partial charge in [-0.2, -0.15) is 13.2 Å². The highest BCUT2D eigenvalue weighted by molar-refractivity contribution is 5.95. The van der Waals surface area contributed by atoms with Gasteiger partial charge in [0.2, 0.25) is 0 Å². The van der Waals surface area contributed by atoms with Crippen molar-refractivity contribution in [3.05, 3.63) is 23.8 Å². The molecule has 0 saturated heterocycles. The SMILES string of the molecule is CCN(CC(F)(F)F)c1ccc(C(=O)N(C)C)cc1N. The van der Waals surface area contributed by atoms with E-state index in [0.717, 1.165) is 4.90 Å². The smallest absolute Gasteiger partial charge is 0.397 e. The van der Waals surface area contributed by atoms with Crippen molar-refractivity contribution >= 4 is 17.3 Å². The molecule has 1 aromatic rings. The van der Waals surface area contributed by atoms with Gasteiger partial charge in [0.1, 0.15) is 6.54 Å². The summed E-state index contributed by atoms with van der Waals surface area (Å²) in [7, 11) is 3.18. The minimum Gasteiger partial charge on any atom is -0.397 e. The van der Waals surface area contributed by atoms with Crippen LogP contribution in [0.3, 0.4) is 0 Å². The number of anilines is 2. The molecular weight excluding hydrogens is 271 g/mol. The number of alkyl halides is 3. The van der Waals surface area contributed by atoms with Crippen molar-refractivity contribution in [3.63, 3.8) is 0 Å². The molecule has 20 heavy (non-hydrogen) atoms. The van der Waals surface area contributed by atoms with Crippen LogP contribution >= 0.6 is 0 Å². The molecule has 0 aromatic heterocycles. The van der Waals surface area contributed by atoms with Crippen LogP contribution in [-0.4, -0.2) is 44.2 Å². The number of nitrogens with two attached hydrogens (primary N) is 1. The Labute approximate surface area is 116 Å². The lowest BCUT2D eigenvalue weighted by Crippen LogP contribution is -2.34. The molecule has 7 heteroatoms. The lowest BCUT2D eigenvalue weighted by atomic mass is 10.1. The van der Waals surface area contributed by atoms with E-state index in [1.54, 1.807) is 21.0 Å². The topological polar surface area (TPSA) is 49.6 Å². The van der Waals surface area contributed by atoms with Crippen molar-refractivity contribution in [2.75, 3.05) is 37.8 Å². The molecule has 0 bridgehead atoms. The average Bonchev–Trinajstić information content (AvgIpc) is 2.34. The first-order chi connectivity index (χ1) is 9.15. The Bertz CT molecular complexity index is 486. The number of carbonyl (C=O) groups excluding carboxylic acids is 1. The maximum atomic E-state index is 12.5. The number of benzene rings is 1. The van der Waals surface area contributed by atoms with Crippen molar-refractivity contribution in [3.8, 4) is 0 Å². The van der Waals surface area contributed by atoms with Gasteiger partial charge in [-0.1, -0.05) is 0 Å². The number of amides is 1. The maximum absolute atomic E-state index is 12.5. The van der Waals surface area contributed by atoms with Crippen LogP contribution in [0.5, 0.6) is 0 Å². The lowest BCUT2D eigenvalue weighted by molar-refractivity contribution is -0.119. The monoisotopic (exact) mass is 289 g/mol. The average molecular weight is 289 g/mol. The van der Waals surface area contributed by atoms with E-state index in [4.69, 9.17) is 5.73 Å². The van der Waals surface area contributed by atoms with Gasteiger partial charge < -0.3 is 15.5 Å². The fraction of sp³-hybridized carbons (Fsp3) is 0.462. The van der Waals surface area contributed by atoms with Gasteiger partial charge >= 0.3 is 6.18 Å². The van der Waals surface area contributed by atoms with E-state index in [0.29, 0.717) is 5.56 Å². The molecule has 0 saturated carbocycles. The van der Waals surface area contributed by atoms with Crippen molar-refractivity contribution in [1.82, 2.24) is 4.90 Å². The second-order valence-corrected chi connectivity index (χ2v) is 4.60. The van der Waals surface area contributed by atoms with Crippen LogP contribution in [0.4, 0.5) is 24.5 Å². The number of carbonyl (C=O) groups is 1. The molecule has 0 fully saturated rings. The first kappa shape index (κ1) is 16.1. The van der Waals surface area contributed by atoms with Crippen molar-refractivity contribution in [2.24, 2.45) is 0 Å². The van der Waals surface area contributed by atoms with Gasteiger partial charge in [-0.3, -0.25) is 4.79 Å². The molecule has 0 radical (unpaired) electrons. The molecule has 0 spiro atoms. The van der Waals surface area contributed by atoms with Crippen LogP contribution in [0.2, 0.25) is 0 Å². The summed E-state index contributed by atoms with van der Waals surface area (Å²) in [6.45, 7) is 0.712. The number of hydrogen-bond donors (Lipinski definition) is 1. The predicted octanol–water partition coefficient (Wildman–Crippen LogP) is 2.36. The van der Waals surface area contributed by atoms with E-state index in [1.165, 1.54) is 23.1 Å². The normalized spacial score (nSPS) is 11.3. The summed E-state index contributed by atoms with van der Waals surface area (Å²) >= 11 is 0. The molecule has 0 aliphatic carbocycles. The van der Waals surface area contributed by atoms with E-state index in [9.17, 15) is 18.0 Å². The minimum absolute atomic E-state index is 0.156. The third kappa shape index (κ3) is 4.04. The zero-order valence-electron chi connectivity index (χ0n) is 11.7. The molecule has 1 rings (SSSR count). The molecule has 2 N–H and O–H groups in total.